The van der Waals surface area contributed by atoms with E-state index < -0.39 is 5.97 Å². The number of hydrogen-bond acceptors (Lipinski definition) is 4. The molecule has 0 radical (unpaired) electrons. The van der Waals surface area contributed by atoms with E-state index >= 15 is 0 Å². The lowest BCUT2D eigenvalue weighted by Crippen LogP contribution is -2.28. The minimum atomic E-state index is -1.04. The monoisotopic (exact) mass is 252 g/mol. The van der Waals surface area contributed by atoms with Crippen molar-refractivity contribution >= 4 is 11.9 Å². The number of carbonyl (C=O) groups is 2. The van der Waals surface area contributed by atoms with E-state index in [0.717, 1.165) is 5.82 Å². The maximum Gasteiger partial charge on any atom is 0.356 e. The Balaban J connectivity index is 2.38. The fraction of sp³-hybridized carbons (Fsp3) is 0.583. The molecule has 1 N–H and O–H groups in total. The highest BCUT2D eigenvalue weighted by molar-refractivity contribution is 5.87. The first kappa shape index (κ1) is 12.6. The van der Waals surface area contributed by atoms with Crippen LogP contribution in [0, 0.1) is 5.92 Å². The van der Waals surface area contributed by atoms with Gasteiger partial charge in [0.25, 0.3) is 0 Å². The molecule has 1 aromatic heterocycles. The Morgan fingerprint density at radius 3 is 2.83 bits per heavy atom. The van der Waals surface area contributed by atoms with Crippen LogP contribution in [-0.4, -0.2) is 33.7 Å². The molecule has 0 spiro atoms. The van der Waals surface area contributed by atoms with Crippen LogP contribution in [0.1, 0.15) is 35.4 Å². The topological polar surface area (TPSA) is 81.4 Å². The van der Waals surface area contributed by atoms with E-state index in [1.807, 2.05) is 11.5 Å². The van der Waals surface area contributed by atoms with Crippen molar-refractivity contribution < 1.29 is 19.4 Å². The number of methoxy groups -OCH3 is 1. The van der Waals surface area contributed by atoms with Gasteiger partial charge in [0, 0.05) is 19.4 Å². The smallest absolute Gasteiger partial charge is 0.356 e. The van der Waals surface area contributed by atoms with Crippen molar-refractivity contribution in [3.05, 3.63) is 17.2 Å². The number of ether oxygens (including phenoxy) is 1. The van der Waals surface area contributed by atoms with Crippen molar-refractivity contribution in [2.45, 2.75) is 32.7 Å². The van der Waals surface area contributed by atoms with Crippen molar-refractivity contribution in [1.82, 2.24) is 9.55 Å². The number of nitrogens with zero attached hydrogens (tertiary/aromatic N) is 2. The standard InChI is InChI=1S/C12H16N2O4/c1-3-9-13-10(11(15)16)8-6-7(12(17)18-2)4-5-14(8)9/h7H,3-6H2,1-2H3,(H,15,16). The lowest BCUT2D eigenvalue weighted by Gasteiger charge is -2.23. The maximum atomic E-state index is 11.5. The second kappa shape index (κ2) is 4.80. The second-order valence-electron chi connectivity index (χ2n) is 4.35. The Bertz CT molecular complexity index is 493. The van der Waals surface area contributed by atoms with Gasteiger partial charge >= 0.3 is 11.9 Å². The highest BCUT2D eigenvalue weighted by Crippen LogP contribution is 2.26. The molecule has 0 amide bonds. The summed E-state index contributed by atoms with van der Waals surface area (Å²) in [7, 11) is 1.35. The van der Waals surface area contributed by atoms with Crippen molar-refractivity contribution in [3.8, 4) is 0 Å². The van der Waals surface area contributed by atoms with Gasteiger partial charge in [0.15, 0.2) is 5.69 Å². The number of hydrogen-bond donors (Lipinski definition) is 1. The first-order valence-electron chi connectivity index (χ1n) is 5.97. The molecule has 0 saturated carbocycles. The summed E-state index contributed by atoms with van der Waals surface area (Å²) >= 11 is 0. The lowest BCUT2D eigenvalue weighted by molar-refractivity contribution is -0.146. The summed E-state index contributed by atoms with van der Waals surface area (Å²) in [6.45, 7) is 2.56. The Hall–Kier alpha value is -1.85. The third-order valence-corrected chi connectivity index (χ3v) is 3.35. The summed E-state index contributed by atoms with van der Waals surface area (Å²) in [6.07, 6.45) is 1.74. The molecule has 6 nitrogen and oxygen atoms in total. The Labute approximate surface area is 105 Å². The fourth-order valence-electron chi connectivity index (χ4n) is 2.44. The van der Waals surface area contributed by atoms with Gasteiger partial charge in [0.1, 0.15) is 5.82 Å². The molecular formula is C12H16N2O4. The van der Waals surface area contributed by atoms with Crippen molar-refractivity contribution in [2.75, 3.05) is 7.11 Å². The number of aryl methyl sites for hydroxylation is 1. The van der Waals surface area contributed by atoms with E-state index in [0.29, 0.717) is 31.5 Å². The van der Waals surface area contributed by atoms with Crippen molar-refractivity contribution in [1.29, 1.82) is 0 Å². The van der Waals surface area contributed by atoms with Crippen LogP contribution in [0.3, 0.4) is 0 Å². The highest BCUT2D eigenvalue weighted by Gasteiger charge is 2.31. The number of rotatable bonds is 3. The normalized spacial score (nSPS) is 18.2. The lowest BCUT2D eigenvalue weighted by atomic mass is 9.95. The van der Waals surface area contributed by atoms with Crippen LogP contribution in [0.4, 0.5) is 0 Å². The summed E-state index contributed by atoms with van der Waals surface area (Å²) in [5.74, 6) is -0.812. The molecule has 1 unspecified atom stereocenters. The van der Waals surface area contributed by atoms with Gasteiger partial charge in [-0.15, -0.1) is 0 Å². The Kier molecular flexibility index (Phi) is 3.36. The first-order valence-corrected chi connectivity index (χ1v) is 5.97. The zero-order chi connectivity index (χ0) is 13.3. The van der Waals surface area contributed by atoms with Gasteiger partial charge in [0.2, 0.25) is 0 Å². The average Bonchev–Trinajstić information content (AvgIpc) is 2.75. The summed E-state index contributed by atoms with van der Waals surface area (Å²) < 4.78 is 6.64. The fourth-order valence-corrected chi connectivity index (χ4v) is 2.44. The Morgan fingerprint density at radius 1 is 1.56 bits per heavy atom. The summed E-state index contributed by atoms with van der Waals surface area (Å²) in [5, 5.41) is 9.14. The molecule has 1 aliphatic heterocycles. The van der Waals surface area contributed by atoms with Crippen LogP contribution >= 0.6 is 0 Å². The number of aromatic nitrogens is 2. The molecule has 0 saturated heterocycles. The Morgan fingerprint density at radius 2 is 2.28 bits per heavy atom. The van der Waals surface area contributed by atoms with Gasteiger partial charge in [-0.05, 0) is 6.42 Å². The molecule has 0 aromatic carbocycles. The molecule has 1 aliphatic rings. The minimum Gasteiger partial charge on any atom is -0.476 e. The van der Waals surface area contributed by atoms with Crippen LogP contribution < -0.4 is 0 Å². The molecule has 2 heterocycles. The molecular weight excluding hydrogens is 236 g/mol. The molecule has 1 atom stereocenters. The number of fused-ring (bicyclic) bond motifs is 1. The molecule has 18 heavy (non-hydrogen) atoms. The van der Waals surface area contributed by atoms with E-state index in [1.54, 1.807) is 0 Å². The summed E-state index contributed by atoms with van der Waals surface area (Å²) in [5.41, 5.74) is 0.710. The predicted octanol–water partition coefficient (Wildman–Crippen LogP) is 0.879. The van der Waals surface area contributed by atoms with E-state index in [-0.39, 0.29) is 17.6 Å². The molecule has 0 bridgehead atoms. The van der Waals surface area contributed by atoms with Crippen molar-refractivity contribution in [2.24, 2.45) is 5.92 Å². The third-order valence-electron chi connectivity index (χ3n) is 3.35. The molecule has 1 aromatic rings. The molecule has 0 aliphatic carbocycles. The molecule has 0 fully saturated rings. The van der Waals surface area contributed by atoms with E-state index in [9.17, 15) is 9.59 Å². The first-order chi connectivity index (χ1) is 8.58. The number of carboxylic acid groups (broad SMARTS) is 1. The summed E-state index contributed by atoms with van der Waals surface area (Å²) in [6, 6.07) is 0. The van der Waals surface area contributed by atoms with E-state index in [4.69, 9.17) is 9.84 Å². The largest absolute Gasteiger partial charge is 0.476 e. The van der Waals surface area contributed by atoms with Gasteiger partial charge in [-0.3, -0.25) is 4.79 Å². The SMILES string of the molecule is CCc1nc(C(=O)O)c2n1CCC(C(=O)OC)C2. The maximum absolute atomic E-state index is 11.5. The predicted molar refractivity (Wildman–Crippen MR) is 62.4 cm³/mol. The zero-order valence-electron chi connectivity index (χ0n) is 10.5. The van der Waals surface area contributed by atoms with Crippen LogP contribution in [-0.2, 0) is 28.9 Å². The second-order valence-corrected chi connectivity index (χ2v) is 4.35. The average molecular weight is 252 g/mol. The van der Waals surface area contributed by atoms with Crippen LogP contribution in [0.25, 0.3) is 0 Å². The highest BCUT2D eigenvalue weighted by atomic mass is 16.5. The number of aromatic carboxylic acids is 1. The van der Waals surface area contributed by atoms with Crippen molar-refractivity contribution in [3.63, 3.8) is 0 Å². The van der Waals surface area contributed by atoms with Gasteiger partial charge in [-0.2, -0.15) is 0 Å². The molecule has 98 valence electrons. The van der Waals surface area contributed by atoms with Gasteiger partial charge in [0.05, 0.1) is 18.7 Å². The number of esters is 1. The summed E-state index contributed by atoms with van der Waals surface area (Å²) in [4.78, 5) is 26.8. The number of imidazole rings is 1. The molecule has 2 rings (SSSR count). The number of carboxylic acids is 1. The van der Waals surface area contributed by atoms with E-state index in [1.165, 1.54) is 7.11 Å². The van der Waals surface area contributed by atoms with Crippen LogP contribution in [0.5, 0.6) is 0 Å². The number of carbonyl (C=O) groups excluding carboxylic acids is 1. The van der Waals surface area contributed by atoms with Gasteiger partial charge < -0.3 is 14.4 Å². The third kappa shape index (κ3) is 1.98. The van der Waals surface area contributed by atoms with Crippen LogP contribution in [0.15, 0.2) is 0 Å². The van der Waals surface area contributed by atoms with E-state index in [2.05, 4.69) is 4.98 Å². The zero-order valence-corrected chi connectivity index (χ0v) is 10.5. The quantitative estimate of drug-likeness (QED) is 0.807. The minimum absolute atomic E-state index is 0.0699. The molecule has 6 heteroatoms. The van der Waals surface area contributed by atoms with Gasteiger partial charge in [-0.25, -0.2) is 9.78 Å². The van der Waals surface area contributed by atoms with Gasteiger partial charge in [-0.1, -0.05) is 6.92 Å². The van der Waals surface area contributed by atoms with Crippen LogP contribution in [0.2, 0.25) is 0 Å².